The minimum absolute atomic E-state index is 0.189. The van der Waals surface area contributed by atoms with Gasteiger partial charge in [0, 0.05) is 23.8 Å². The maximum atomic E-state index is 11.5. The van der Waals surface area contributed by atoms with Gasteiger partial charge in [-0.3, -0.25) is 0 Å². The van der Waals surface area contributed by atoms with Gasteiger partial charge in [-0.25, -0.2) is 4.79 Å². The number of amides is 2. The molecule has 1 aromatic rings. The van der Waals surface area contributed by atoms with E-state index in [4.69, 9.17) is 11.6 Å². The lowest BCUT2D eigenvalue weighted by molar-refractivity contribution is 0.243. The van der Waals surface area contributed by atoms with Gasteiger partial charge in [0.2, 0.25) is 0 Å². The van der Waals surface area contributed by atoms with Gasteiger partial charge < -0.3 is 16.0 Å². The Morgan fingerprint density at radius 3 is 2.81 bits per heavy atom. The first-order chi connectivity index (χ1) is 7.65. The molecule has 0 atom stereocenters. The Bertz CT molecular complexity index is 404. The van der Waals surface area contributed by atoms with Gasteiger partial charge in [-0.05, 0) is 24.6 Å². The Labute approximate surface area is 99.4 Å². The summed E-state index contributed by atoms with van der Waals surface area (Å²) < 4.78 is 0. The van der Waals surface area contributed by atoms with Crippen LogP contribution in [0.25, 0.3) is 0 Å². The highest BCUT2D eigenvalue weighted by atomic mass is 35.5. The Kier molecular flexibility index (Phi) is 3.31. The van der Waals surface area contributed by atoms with Crippen LogP contribution < -0.4 is 16.0 Å². The summed E-state index contributed by atoms with van der Waals surface area (Å²) in [6.07, 6.45) is 0. The highest BCUT2D eigenvalue weighted by molar-refractivity contribution is 6.31. The van der Waals surface area contributed by atoms with Crippen LogP contribution in [-0.4, -0.2) is 25.2 Å². The highest BCUT2D eigenvalue weighted by Gasteiger charge is 2.18. The fraction of sp³-hybridized carbons (Fsp3) is 0.364. The van der Waals surface area contributed by atoms with Crippen molar-refractivity contribution >= 4 is 23.3 Å². The summed E-state index contributed by atoms with van der Waals surface area (Å²) in [7, 11) is 0. The molecule has 0 spiro atoms. The Morgan fingerprint density at radius 1 is 1.50 bits per heavy atom. The number of anilines is 1. The molecule has 1 saturated heterocycles. The van der Waals surface area contributed by atoms with Crippen molar-refractivity contribution in [3.63, 3.8) is 0 Å². The summed E-state index contributed by atoms with van der Waals surface area (Å²) in [6.45, 7) is 3.59. The lowest BCUT2D eigenvalue weighted by Crippen LogP contribution is -2.57. The Morgan fingerprint density at radius 2 is 2.25 bits per heavy atom. The molecule has 1 aromatic carbocycles. The normalized spacial score (nSPS) is 15.4. The minimum Gasteiger partial charge on any atom is -0.333 e. The molecule has 1 aliphatic heterocycles. The zero-order valence-electron chi connectivity index (χ0n) is 9.01. The standard InChI is InChI=1S/C11H14ClN3O/c1-7-2-3-8(4-10(7)12)14-11(16)15-9-5-13-6-9/h2-4,9,13H,5-6H2,1H3,(H2,14,15,16). The molecular weight excluding hydrogens is 226 g/mol. The van der Waals surface area contributed by atoms with Gasteiger partial charge in [-0.1, -0.05) is 17.7 Å². The van der Waals surface area contributed by atoms with Crippen LogP contribution in [0.5, 0.6) is 0 Å². The Balaban J connectivity index is 1.92. The number of hydrogen-bond acceptors (Lipinski definition) is 2. The van der Waals surface area contributed by atoms with Gasteiger partial charge in [0.25, 0.3) is 0 Å². The van der Waals surface area contributed by atoms with E-state index in [9.17, 15) is 4.79 Å². The molecular formula is C11H14ClN3O. The quantitative estimate of drug-likeness (QED) is 0.737. The predicted molar refractivity (Wildman–Crippen MR) is 65.0 cm³/mol. The SMILES string of the molecule is Cc1ccc(NC(=O)NC2CNC2)cc1Cl. The summed E-state index contributed by atoms with van der Waals surface area (Å²) >= 11 is 5.96. The van der Waals surface area contributed by atoms with Crippen molar-refractivity contribution in [2.24, 2.45) is 0 Å². The molecule has 0 aromatic heterocycles. The van der Waals surface area contributed by atoms with Crippen LogP contribution in [-0.2, 0) is 0 Å². The van der Waals surface area contributed by atoms with Gasteiger partial charge >= 0.3 is 6.03 Å². The van der Waals surface area contributed by atoms with E-state index in [-0.39, 0.29) is 12.1 Å². The minimum atomic E-state index is -0.189. The second-order valence-electron chi connectivity index (χ2n) is 3.92. The van der Waals surface area contributed by atoms with Crippen molar-refractivity contribution in [2.45, 2.75) is 13.0 Å². The first kappa shape index (κ1) is 11.2. The molecule has 5 heteroatoms. The van der Waals surface area contributed by atoms with Gasteiger partial charge in [-0.2, -0.15) is 0 Å². The van der Waals surface area contributed by atoms with Crippen molar-refractivity contribution in [1.29, 1.82) is 0 Å². The lowest BCUT2D eigenvalue weighted by atomic mass is 10.2. The van der Waals surface area contributed by atoms with Gasteiger partial charge in [0.05, 0.1) is 6.04 Å². The third-order valence-corrected chi connectivity index (χ3v) is 2.95. The number of carbonyl (C=O) groups excluding carboxylic acids is 1. The summed E-state index contributed by atoms with van der Waals surface area (Å²) in [5, 5.41) is 9.33. The number of aryl methyl sites for hydroxylation is 1. The van der Waals surface area contributed by atoms with Crippen LogP contribution in [0.1, 0.15) is 5.56 Å². The molecule has 1 aliphatic rings. The maximum absolute atomic E-state index is 11.5. The molecule has 4 nitrogen and oxygen atoms in total. The molecule has 0 bridgehead atoms. The molecule has 16 heavy (non-hydrogen) atoms. The fourth-order valence-electron chi connectivity index (χ4n) is 1.41. The number of hydrogen-bond donors (Lipinski definition) is 3. The van der Waals surface area contributed by atoms with Crippen LogP contribution in [0.3, 0.4) is 0 Å². The number of halogens is 1. The summed E-state index contributed by atoms with van der Waals surface area (Å²) in [4.78, 5) is 11.5. The number of rotatable bonds is 2. The van der Waals surface area contributed by atoms with Crippen molar-refractivity contribution in [1.82, 2.24) is 10.6 Å². The van der Waals surface area contributed by atoms with E-state index < -0.39 is 0 Å². The van der Waals surface area contributed by atoms with Crippen LogP contribution in [0.15, 0.2) is 18.2 Å². The van der Waals surface area contributed by atoms with Crippen LogP contribution >= 0.6 is 11.6 Å². The molecule has 2 rings (SSSR count). The van der Waals surface area contributed by atoms with Crippen LogP contribution in [0, 0.1) is 6.92 Å². The molecule has 1 heterocycles. The number of benzene rings is 1. The molecule has 3 N–H and O–H groups in total. The van der Waals surface area contributed by atoms with Gasteiger partial charge in [0.1, 0.15) is 0 Å². The molecule has 0 unspecified atom stereocenters. The first-order valence-electron chi connectivity index (χ1n) is 5.19. The second-order valence-corrected chi connectivity index (χ2v) is 4.32. The van der Waals surface area contributed by atoms with Gasteiger partial charge in [0.15, 0.2) is 0 Å². The highest BCUT2D eigenvalue weighted by Crippen LogP contribution is 2.19. The van der Waals surface area contributed by atoms with Crippen LogP contribution in [0.4, 0.5) is 10.5 Å². The summed E-state index contributed by atoms with van der Waals surface area (Å²) in [6, 6.07) is 5.50. The third kappa shape index (κ3) is 2.65. The van der Waals surface area contributed by atoms with E-state index in [1.54, 1.807) is 6.07 Å². The largest absolute Gasteiger partial charge is 0.333 e. The van der Waals surface area contributed by atoms with E-state index in [2.05, 4.69) is 16.0 Å². The fourth-order valence-corrected chi connectivity index (χ4v) is 1.59. The van der Waals surface area contributed by atoms with Crippen molar-refractivity contribution in [3.05, 3.63) is 28.8 Å². The molecule has 86 valence electrons. The smallest absolute Gasteiger partial charge is 0.319 e. The predicted octanol–water partition coefficient (Wildman–Crippen LogP) is 1.74. The number of urea groups is 1. The Hall–Kier alpha value is -1.26. The average molecular weight is 240 g/mol. The average Bonchev–Trinajstić information content (AvgIpc) is 2.18. The van der Waals surface area contributed by atoms with E-state index in [0.717, 1.165) is 18.7 Å². The van der Waals surface area contributed by atoms with Crippen molar-refractivity contribution in [3.8, 4) is 0 Å². The molecule has 0 radical (unpaired) electrons. The number of nitrogens with one attached hydrogen (secondary N) is 3. The molecule has 1 fully saturated rings. The molecule has 2 amide bonds. The second kappa shape index (κ2) is 4.72. The molecule has 0 saturated carbocycles. The van der Waals surface area contributed by atoms with E-state index in [1.165, 1.54) is 0 Å². The first-order valence-corrected chi connectivity index (χ1v) is 5.57. The summed E-state index contributed by atoms with van der Waals surface area (Å²) in [5.74, 6) is 0. The van der Waals surface area contributed by atoms with E-state index in [1.807, 2.05) is 19.1 Å². The monoisotopic (exact) mass is 239 g/mol. The number of carbonyl (C=O) groups is 1. The van der Waals surface area contributed by atoms with E-state index in [0.29, 0.717) is 10.7 Å². The van der Waals surface area contributed by atoms with E-state index >= 15 is 0 Å². The zero-order valence-corrected chi connectivity index (χ0v) is 9.77. The molecule has 0 aliphatic carbocycles. The van der Waals surface area contributed by atoms with Crippen molar-refractivity contribution in [2.75, 3.05) is 18.4 Å². The maximum Gasteiger partial charge on any atom is 0.319 e. The van der Waals surface area contributed by atoms with Crippen molar-refractivity contribution < 1.29 is 4.79 Å². The third-order valence-electron chi connectivity index (χ3n) is 2.55. The summed E-state index contributed by atoms with van der Waals surface area (Å²) in [5.41, 5.74) is 1.70. The lowest BCUT2D eigenvalue weighted by Gasteiger charge is -2.27. The topological polar surface area (TPSA) is 53.2 Å². The van der Waals surface area contributed by atoms with Gasteiger partial charge in [-0.15, -0.1) is 0 Å². The van der Waals surface area contributed by atoms with Crippen LogP contribution in [0.2, 0.25) is 5.02 Å². The zero-order chi connectivity index (χ0) is 11.5.